The maximum atomic E-state index is 11.3. The highest BCUT2D eigenvalue weighted by Crippen LogP contribution is 2.12. The minimum Gasteiger partial charge on any atom is -0.309 e. The van der Waals surface area contributed by atoms with E-state index in [2.05, 4.69) is 30.9 Å². The largest absolute Gasteiger partial charge is 0.309 e. The number of H-pyrrole nitrogens is 1. The van der Waals surface area contributed by atoms with Gasteiger partial charge in [0.1, 0.15) is 5.82 Å². The van der Waals surface area contributed by atoms with E-state index in [1.54, 1.807) is 19.2 Å². The number of aromatic nitrogens is 3. The molecular weight excluding hydrogens is 234 g/mol. The Morgan fingerprint density at radius 2 is 2.31 bits per heavy atom. The molecular formula is C8H6BrN3O. The maximum absolute atomic E-state index is 11.3. The summed E-state index contributed by atoms with van der Waals surface area (Å²) in [5, 5.41) is 0. The van der Waals surface area contributed by atoms with Gasteiger partial charge in [-0.15, -0.1) is 0 Å². The topological polar surface area (TPSA) is 58.6 Å². The number of hydrogen-bond donors (Lipinski definition) is 1. The molecule has 0 fully saturated rings. The van der Waals surface area contributed by atoms with Gasteiger partial charge in [0.15, 0.2) is 5.52 Å². The molecule has 0 aromatic carbocycles. The van der Waals surface area contributed by atoms with E-state index in [-0.39, 0.29) is 5.56 Å². The van der Waals surface area contributed by atoms with E-state index in [1.165, 1.54) is 0 Å². The smallest absolute Gasteiger partial charge is 0.277 e. The number of pyridine rings is 1. The average molecular weight is 240 g/mol. The SMILES string of the molecule is Cc1nc2cc(Br)cnc2c(=O)[nH]1. The van der Waals surface area contributed by atoms with Crippen molar-refractivity contribution in [1.82, 2.24) is 15.0 Å². The summed E-state index contributed by atoms with van der Waals surface area (Å²) in [6, 6.07) is 1.77. The minimum atomic E-state index is -0.199. The second kappa shape index (κ2) is 2.92. The fourth-order valence-corrected chi connectivity index (χ4v) is 1.44. The number of nitrogens with one attached hydrogen (secondary N) is 1. The van der Waals surface area contributed by atoms with Crippen molar-refractivity contribution >= 4 is 27.0 Å². The van der Waals surface area contributed by atoms with E-state index in [0.717, 1.165) is 4.47 Å². The zero-order valence-corrected chi connectivity index (χ0v) is 8.42. The summed E-state index contributed by atoms with van der Waals surface area (Å²) in [6.07, 6.45) is 1.58. The molecule has 13 heavy (non-hydrogen) atoms. The Morgan fingerprint density at radius 1 is 1.54 bits per heavy atom. The van der Waals surface area contributed by atoms with Crippen molar-refractivity contribution in [2.75, 3.05) is 0 Å². The molecule has 0 spiro atoms. The Balaban J connectivity index is 2.95. The quantitative estimate of drug-likeness (QED) is 0.756. The number of aromatic amines is 1. The molecule has 2 aromatic heterocycles. The molecule has 2 aromatic rings. The third-order valence-electron chi connectivity index (χ3n) is 1.63. The van der Waals surface area contributed by atoms with Gasteiger partial charge in [-0.1, -0.05) is 0 Å². The van der Waals surface area contributed by atoms with Crippen LogP contribution in [0.2, 0.25) is 0 Å². The molecule has 0 bridgehead atoms. The van der Waals surface area contributed by atoms with Gasteiger partial charge >= 0.3 is 0 Å². The molecule has 4 nitrogen and oxygen atoms in total. The highest BCUT2D eigenvalue weighted by atomic mass is 79.9. The number of aryl methyl sites for hydroxylation is 1. The number of rotatable bonds is 0. The Hall–Kier alpha value is -1.23. The van der Waals surface area contributed by atoms with E-state index in [9.17, 15) is 4.79 Å². The van der Waals surface area contributed by atoms with Crippen molar-refractivity contribution in [3.63, 3.8) is 0 Å². The zero-order chi connectivity index (χ0) is 9.42. The fraction of sp³-hybridized carbons (Fsp3) is 0.125. The van der Waals surface area contributed by atoms with Crippen LogP contribution >= 0.6 is 15.9 Å². The van der Waals surface area contributed by atoms with E-state index >= 15 is 0 Å². The molecule has 5 heteroatoms. The van der Waals surface area contributed by atoms with Crippen LogP contribution in [0.3, 0.4) is 0 Å². The van der Waals surface area contributed by atoms with Gasteiger partial charge in [-0.25, -0.2) is 9.97 Å². The third-order valence-corrected chi connectivity index (χ3v) is 2.07. The highest BCUT2D eigenvalue weighted by molar-refractivity contribution is 9.10. The van der Waals surface area contributed by atoms with Gasteiger partial charge in [0.05, 0.1) is 5.52 Å². The third kappa shape index (κ3) is 1.47. The van der Waals surface area contributed by atoms with Crippen LogP contribution in [0.15, 0.2) is 21.5 Å². The van der Waals surface area contributed by atoms with E-state index < -0.39 is 0 Å². The first-order chi connectivity index (χ1) is 6.16. The van der Waals surface area contributed by atoms with Gasteiger partial charge < -0.3 is 4.98 Å². The average Bonchev–Trinajstić information content (AvgIpc) is 2.02. The monoisotopic (exact) mass is 239 g/mol. The second-order valence-electron chi connectivity index (χ2n) is 2.67. The first kappa shape index (κ1) is 8.37. The summed E-state index contributed by atoms with van der Waals surface area (Å²) in [5.74, 6) is 0.595. The Kier molecular flexibility index (Phi) is 1.88. The van der Waals surface area contributed by atoms with Crippen LogP contribution in [-0.4, -0.2) is 15.0 Å². The van der Waals surface area contributed by atoms with Crippen LogP contribution in [0.4, 0.5) is 0 Å². The van der Waals surface area contributed by atoms with Crippen molar-refractivity contribution in [1.29, 1.82) is 0 Å². The summed E-state index contributed by atoms with van der Waals surface area (Å²) in [6.45, 7) is 1.74. The van der Waals surface area contributed by atoms with Gasteiger partial charge in [-0.05, 0) is 28.9 Å². The lowest BCUT2D eigenvalue weighted by atomic mass is 10.3. The van der Waals surface area contributed by atoms with Crippen LogP contribution in [0, 0.1) is 6.92 Å². The van der Waals surface area contributed by atoms with Crippen molar-refractivity contribution in [2.24, 2.45) is 0 Å². The summed E-state index contributed by atoms with van der Waals surface area (Å²) in [4.78, 5) is 22.0. The van der Waals surface area contributed by atoms with Gasteiger partial charge in [-0.2, -0.15) is 0 Å². The number of halogens is 1. The number of fused-ring (bicyclic) bond motifs is 1. The van der Waals surface area contributed by atoms with E-state index in [0.29, 0.717) is 16.9 Å². The molecule has 0 unspecified atom stereocenters. The van der Waals surface area contributed by atoms with E-state index in [4.69, 9.17) is 0 Å². The molecule has 0 amide bonds. The molecule has 0 atom stereocenters. The van der Waals surface area contributed by atoms with Crippen LogP contribution < -0.4 is 5.56 Å². The predicted molar refractivity (Wildman–Crippen MR) is 52.6 cm³/mol. The molecule has 0 aliphatic carbocycles. The number of nitrogens with zero attached hydrogens (tertiary/aromatic N) is 2. The summed E-state index contributed by atoms with van der Waals surface area (Å²) in [5.41, 5.74) is 0.777. The molecule has 2 heterocycles. The lowest BCUT2D eigenvalue weighted by Gasteiger charge is -1.97. The van der Waals surface area contributed by atoms with Crippen LogP contribution in [-0.2, 0) is 0 Å². The second-order valence-corrected chi connectivity index (χ2v) is 3.59. The van der Waals surface area contributed by atoms with Crippen LogP contribution in [0.25, 0.3) is 11.0 Å². The van der Waals surface area contributed by atoms with Crippen LogP contribution in [0.1, 0.15) is 5.82 Å². The van der Waals surface area contributed by atoms with Gasteiger partial charge in [0.25, 0.3) is 5.56 Å². The van der Waals surface area contributed by atoms with Crippen molar-refractivity contribution in [2.45, 2.75) is 6.92 Å². The van der Waals surface area contributed by atoms with Crippen molar-refractivity contribution < 1.29 is 0 Å². The lowest BCUT2D eigenvalue weighted by Crippen LogP contribution is -2.10. The predicted octanol–water partition coefficient (Wildman–Crippen LogP) is 1.39. The summed E-state index contributed by atoms with van der Waals surface area (Å²) >= 11 is 3.27. The summed E-state index contributed by atoms with van der Waals surface area (Å²) < 4.78 is 0.817. The van der Waals surface area contributed by atoms with E-state index in [1.807, 2.05) is 0 Å². The van der Waals surface area contributed by atoms with Crippen LogP contribution in [0.5, 0.6) is 0 Å². The lowest BCUT2D eigenvalue weighted by molar-refractivity contribution is 1.05. The van der Waals surface area contributed by atoms with Crippen molar-refractivity contribution in [3.05, 3.63) is 32.9 Å². The first-order valence-electron chi connectivity index (χ1n) is 3.69. The fourth-order valence-electron chi connectivity index (χ4n) is 1.12. The molecule has 0 saturated heterocycles. The van der Waals surface area contributed by atoms with Crippen molar-refractivity contribution in [3.8, 4) is 0 Å². The maximum Gasteiger partial charge on any atom is 0.277 e. The molecule has 0 aliphatic rings. The van der Waals surface area contributed by atoms with Gasteiger partial charge in [0, 0.05) is 10.7 Å². The Bertz CT molecular complexity index is 515. The number of hydrogen-bond acceptors (Lipinski definition) is 3. The standard InChI is InChI=1S/C8H6BrN3O/c1-4-11-6-2-5(9)3-10-7(6)8(13)12-4/h2-3H,1H3,(H,11,12,13). The molecule has 66 valence electrons. The summed E-state index contributed by atoms with van der Waals surface area (Å²) in [7, 11) is 0. The molecule has 0 saturated carbocycles. The highest BCUT2D eigenvalue weighted by Gasteiger charge is 2.02. The molecule has 0 radical (unpaired) electrons. The molecule has 2 rings (SSSR count). The normalized spacial score (nSPS) is 10.6. The Morgan fingerprint density at radius 3 is 3.08 bits per heavy atom. The zero-order valence-electron chi connectivity index (χ0n) is 6.84. The molecule has 1 N–H and O–H groups in total. The Labute approximate surface area is 82.2 Å². The first-order valence-corrected chi connectivity index (χ1v) is 4.48. The minimum absolute atomic E-state index is 0.199. The van der Waals surface area contributed by atoms with Gasteiger partial charge in [-0.3, -0.25) is 4.79 Å². The molecule has 0 aliphatic heterocycles. The van der Waals surface area contributed by atoms with Gasteiger partial charge in [0.2, 0.25) is 0 Å².